The average molecular weight is 1110 g/mol. The third kappa shape index (κ3) is 11.5. The predicted molar refractivity (Wildman–Crippen MR) is 287 cm³/mol. The second kappa shape index (κ2) is 23.3. The number of hydrogen-bond donors (Lipinski definition) is 14. The summed E-state index contributed by atoms with van der Waals surface area (Å²) < 4.78 is 3.36. The number of nitrogens with zero attached hydrogens (tertiary/aromatic N) is 12. The number of imidazole rings is 2. The molecule has 6 aromatic rings. The van der Waals surface area contributed by atoms with Crippen molar-refractivity contribution in [2.45, 2.75) is 124 Å². The second-order valence-corrected chi connectivity index (χ2v) is 21.0. The summed E-state index contributed by atoms with van der Waals surface area (Å²) in [5.41, 5.74) is 2.70. The van der Waals surface area contributed by atoms with Gasteiger partial charge in [0, 0.05) is 62.7 Å². The van der Waals surface area contributed by atoms with Gasteiger partial charge in [-0.2, -0.15) is 19.9 Å². The predicted octanol–water partition coefficient (Wildman–Crippen LogP) is -1.32. The van der Waals surface area contributed by atoms with Gasteiger partial charge in [-0.15, -0.1) is 0 Å². The van der Waals surface area contributed by atoms with Crippen molar-refractivity contribution in [1.82, 2.24) is 70.3 Å². The molecule has 3 saturated carbocycles. The van der Waals surface area contributed by atoms with Crippen molar-refractivity contribution >= 4 is 81.1 Å². The van der Waals surface area contributed by atoms with E-state index in [-0.39, 0.29) is 49.1 Å². The molecule has 5 fully saturated rings. The molecule has 10 atom stereocenters. The molecule has 6 aromatic heterocycles. The molecule has 0 spiro atoms. The van der Waals surface area contributed by atoms with Crippen LogP contribution in [-0.2, 0) is 9.59 Å². The van der Waals surface area contributed by atoms with Crippen LogP contribution in [0.4, 0.5) is 44.5 Å². The van der Waals surface area contributed by atoms with Crippen LogP contribution in [0.15, 0.2) is 61.7 Å². The van der Waals surface area contributed by atoms with E-state index in [1.165, 1.54) is 12.7 Å². The molecular formula is C50H64N20O10. The van der Waals surface area contributed by atoms with Gasteiger partial charge < -0.3 is 92.1 Å². The molecule has 5 aliphatic rings. The largest absolute Gasteiger partial charge is 0.388 e. The summed E-state index contributed by atoms with van der Waals surface area (Å²) in [4.78, 5) is 91.7. The van der Waals surface area contributed by atoms with Crippen LogP contribution in [0.1, 0.15) is 63.5 Å². The molecule has 3 aliphatic carbocycles. The number of amides is 6. The van der Waals surface area contributed by atoms with Gasteiger partial charge in [0.15, 0.2) is 34.0 Å². The highest BCUT2D eigenvalue weighted by atomic mass is 16.3. The number of aromatic nitrogens is 10. The molecule has 2 aliphatic heterocycles. The van der Waals surface area contributed by atoms with Crippen LogP contribution in [0, 0.1) is 0 Å². The SMILES string of the molecule is O=C(CO)N[C@H]1C[C@@H](n2cnc3c(N[C@H]4CC[C@H](Nc5nc(N6CC[C@@H](NC(=O)Nc7cccnc7)C6)nc6c5ncn6[C@@H]5C[C@H](NC(=O)CO)[C@@H](O)[C@H]5O)CC4)nc(N4CC[C@@H](NC(=O)Nc5cccnc5)C4)nc32)[C@H](O)[C@@H]1O. The first-order valence-corrected chi connectivity index (χ1v) is 26.8. The summed E-state index contributed by atoms with van der Waals surface area (Å²) in [6.45, 7) is 0.241. The Balaban J connectivity index is 0.821. The van der Waals surface area contributed by atoms with E-state index in [0.717, 1.165) is 0 Å². The van der Waals surface area contributed by atoms with E-state index in [9.17, 15) is 49.8 Å². The number of aliphatic hydroxyl groups is 6. The first-order valence-electron chi connectivity index (χ1n) is 26.8. The molecule has 8 heterocycles. The smallest absolute Gasteiger partial charge is 0.319 e. The van der Waals surface area contributed by atoms with Crippen molar-refractivity contribution in [2.75, 3.05) is 70.5 Å². The molecule has 2 saturated heterocycles. The first kappa shape index (κ1) is 53.8. The molecule has 11 rings (SSSR count). The number of carbonyl (C=O) groups is 4. The fraction of sp³-hybridized carbons (Fsp3) is 0.520. The number of carbonyl (C=O) groups excluding carboxylic acids is 4. The minimum atomic E-state index is -1.33. The molecule has 80 heavy (non-hydrogen) atoms. The number of urea groups is 2. The summed E-state index contributed by atoms with van der Waals surface area (Å²) >= 11 is 0. The Kier molecular flexibility index (Phi) is 15.7. The Bertz CT molecular complexity index is 2980. The van der Waals surface area contributed by atoms with Crippen molar-refractivity contribution in [3.63, 3.8) is 0 Å². The lowest BCUT2D eigenvalue weighted by atomic mass is 9.91. The quantitative estimate of drug-likeness (QED) is 0.0534. The van der Waals surface area contributed by atoms with E-state index in [0.29, 0.717) is 122 Å². The zero-order chi connectivity index (χ0) is 55.6. The van der Waals surface area contributed by atoms with Gasteiger partial charge in [-0.3, -0.25) is 19.6 Å². The third-order valence-corrected chi connectivity index (χ3v) is 15.7. The molecule has 0 bridgehead atoms. The van der Waals surface area contributed by atoms with E-state index in [1.807, 2.05) is 9.80 Å². The van der Waals surface area contributed by atoms with Gasteiger partial charge in [0.25, 0.3) is 0 Å². The maximum Gasteiger partial charge on any atom is 0.319 e. The zero-order valence-corrected chi connectivity index (χ0v) is 43.3. The van der Waals surface area contributed by atoms with Gasteiger partial charge in [-0.1, -0.05) is 0 Å². The van der Waals surface area contributed by atoms with Crippen LogP contribution in [0.2, 0.25) is 0 Å². The van der Waals surface area contributed by atoms with Gasteiger partial charge in [0.1, 0.15) is 37.6 Å². The maximum atomic E-state index is 13.0. The molecule has 0 aromatic carbocycles. The monoisotopic (exact) mass is 1100 g/mol. The Morgan fingerprint density at radius 2 is 0.963 bits per heavy atom. The fourth-order valence-electron chi connectivity index (χ4n) is 11.6. The topological polar surface area (TPSA) is 405 Å². The number of rotatable bonds is 16. The molecular weight excluding hydrogens is 1040 g/mol. The molecule has 30 nitrogen and oxygen atoms in total. The van der Waals surface area contributed by atoms with E-state index in [4.69, 9.17) is 29.9 Å². The summed E-state index contributed by atoms with van der Waals surface area (Å²) in [5, 5.41) is 87.5. The number of hydrogen-bond acceptors (Lipinski definition) is 22. The number of nitrogens with one attached hydrogen (secondary N) is 8. The van der Waals surface area contributed by atoms with Crippen molar-refractivity contribution in [3.8, 4) is 0 Å². The van der Waals surface area contributed by atoms with E-state index >= 15 is 0 Å². The zero-order valence-electron chi connectivity index (χ0n) is 43.3. The average Bonchev–Trinajstić information content (AvgIpc) is 4.45. The van der Waals surface area contributed by atoms with E-state index in [1.54, 1.807) is 58.2 Å². The standard InChI is InChI=1S/C50H64N20O10/c71-21-35(73)61-31-15-33(41(77)39(31)75)69-23-53-37-43(63-47(65-45(37)69)67-13-9-29(19-67)59-49(79)57-27-3-1-11-51-17-27)55-25-5-7-26(8-6-25)56-44-38-46(70(24-54-38)34-16-32(40(76)42(34)78)62-36(74)22-72)66-48(64-44)68-14-10-30(20-68)60-50(80)58-28-4-2-12-52-18-28/h1-4,11-12,17-18,23-26,29-34,39-42,71-72,75-78H,5-10,13-16,19-22H2,(H,61,73)(H,62,74)(H,55,63,65)(H,56,64,66)(H2,57,59,79)(H2,58,60,80)/t25-,26-,29-,30-,31+,32+,33-,34-,39-,40-,41+,42+/m1/s1. The van der Waals surface area contributed by atoms with Crippen molar-refractivity contribution in [1.29, 1.82) is 0 Å². The molecule has 14 N–H and O–H groups in total. The van der Waals surface area contributed by atoms with Crippen molar-refractivity contribution in [2.24, 2.45) is 0 Å². The Morgan fingerprint density at radius 3 is 1.35 bits per heavy atom. The van der Waals surface area contributed by atoms with E-state index in [2.05, 4.69) is 52.5 Å². The molecule has 424 valence electrons. The minimum Gasteiger partial charge on any atom is -0.388 e. The van der Waals surface area contributed by atoms with Crippen molar-refractivity contribution < 1.29 is 49.8 Å². The number of aliphatic hydroxyl groups excluding tert-OH is 6. The lowest BCUT2D eigenvalue weighted by Crippen LogP contribution is -2.44. The van der Waals surface area contributed by atoms with Crippen LogP contribution in [0.3, 0.4) is 0 Å². The van der Waals surface area contributed by atoms with Gasteiger partial charge in [0.05, 0.1) is 60.6 Å². The summed E-state index contributed by atoms with van der Waals surface area (Å²) in [7, 11) is 0. The van der Waals surface area contributed by atoms with Gasteiger partial charge in [-0.25, -0.2) is 19.6 Å². The van der Waals surface area contributed by atoms with Crippen LogP contribution in [0.25, 0.3) is 22.3 Å². The number of anilines is 6. The van der Waals surface area contributed by atoms with Gasteiger partial charge >= 0.3 is 12.1 Å². The van der Waals surface area contributed by atoms with Crippen LogP contribution in [0.5, 0.6) is 0 Å². The summed E-state index contributed by atoms with van der Waals surface area (Å²) in [6, 6.07) is 2.28. The fourth-order valence-corrected chi connectivity index (χ4v) is 11.6. The molecule has 30 heteroatoms. The lowest BCUT2D eigenvalue weighted by Gasteiger charge is -2.31. The second-order valence-electron chi connectivity index (χ2n) is 21.0. The number of pyridine rings is 2. The van der Waals surface area contributed by atoms with Crippen LogP contribution >= 0.6 is 0 Å². The Labute approximate surface area is 456 Å². The molecule has 0 unspecified atom stereocenters. The maximum absolute atomic E-state index is 13.0. The van der Waals surface area contributed by atoms with Crippen LogP contribution < -0.4 is 52.3 Å². The van der Waals surface area contributed by atoms with Crippen LogP contribution in [-0.4, -0.2) is 204 Å². The molecule has 0 radical (unpaired) electrons. The Morgan fingerprint density at radius 1 is 0.537 bits per heavy atom. The normalized spacial score (nSPS) is 27.5. The van der Waals surface area contributed by atoms with E-state index < -0.39 is 73.6 Å². The van der Waals surface area contributed by atoms with Gasteiger partial charge in [-0.05, 0) is 75.6 Å². The summed E-state index contributed by atoms with van der Waals surface area (Å²) in [5.74, 6) is 0.233. The lowest BCUT2D eigenvalue weighted by molar-refractivity contribution is -0.126. The first-order chi connectivity index (χ1) is 38.8. The highest BCUT2D eigenvalue weighted by Gasteiger charge is 2.46. The van der Waals surface area contributed by atoms with Gasteiger partial charge in [0.2, 0.25) is 23.7 Å². The summed E-state index contributed by atoms with van der Waals surface area (Å²) in [6.07, 6.45) is 8.24. The highest BCUT2D eigenvalue weighted by molar-refractivity contribution is 5.90. The highest BCUT2D eigenvalue weighted by Crippen LogP contribution is 2.38. The Hall–Kier alpha value is -8.16. The molecule has 6 amide bonds. The third-order valence-electron chi connectivity index (χ3n) is 15.7. The van der Waals surface area contributed by atoms with Crippen molar-refractivity contribution in [3.05, 3.63) is 61.7 Å². The number of fused-ring (bicyclic) bond motifs is 2. The minimum absolute atomic E-state index is 0.0931.